The van der Waals surface area contributed by atoms with Gasteiger partial charge in [0.25, 0.3) is 0 Å². The van der Waals surface area contributed by atoms with Gasteiger partial charge >= 0.3 is 0 Å². The van der Waals surface area contributed by atoms with Gasteiger partial charge in [0.2, 0.25) is 5.91 Å². The molecule has 0 saturated carbocycles. The van der Waals surface area contributed by atoms with Gasteiger partial charge in [0.1, 0.15) is 0 Å². The normalized spacial score (nSPS) is 20.0. The van der Waals surface area contributed by atoms with Crippen LogP contribution in [0.25, 0.3) is 0 Å². The standard InChI is InChI=1S/C18H28N2OS/c1-14(21)19-18-16(15-9-5-6-10-17(15)22-18)13-20-11-7-3-2-4-8-12-20/h2-13H2,1H3,(H,19,21). The summed E-state index contributed by atoms with van der Waals surface area (Å²) in [5.74, 6) is 0.0625. The van der Waals surface area contributed by atoms with Crippen LogP contribution in [-0.4, -0.2) is 23.9 Å². The number of nitrogens with one attached hydrogen (secondary N) is 1. The van der Waals surface area contributed by atoms with Gasteiger partial charge < -0.3 is 5.32 Å². The van der Waals surface area contributed by atoms with Crippen molar-refractivity contribution in [1.82, 2.24) is 4.90 Å². The molecule has 4 heteroatoms. The van der Waals surface area contributed by atoms with Crippen molar-refractivity contribution in [2.45, 2.75) is 71.3 Å². The summed E-state index contributed by atoms with van der Waals surface area (Å²) in [6.45, 7) is 5.08. The molecule has 1 aliphatic heterocycles. The van der Waals surface area contributed by atoms with E-state index in [-0.39, 0.29) is 5.91 Å². The second kappa shape index (κ2) is 7.60. The van der Waals surface area contributed by atoms with Gasteiger partial charge in [-0.15, -0.1) is 11.3 Å². The molecule has 122 valence electrons. The topological polar surface area (TPSA) is 32.3 Å². The minimum atomic E-state index is 0.0625. The predicted molar refractivity (Wildman–Crippen MR) is 93.6 cm³/mol. The first kappa shape index (κ1) is 16.0. The maximum atomic E-state index is 11.6. The van der Waals surface area contributed by atoms with Gasteiger partial charge in [0, 0.05) is 23.9 Å². The van der Waals surface area contributed by atoms with Crippen molar-refractivity contribution < 1.29 is 4.79 Å². The molecule has 1 saturated heterocycles. The summed E-state index contributed by atoms with van der Waals surface area (Å²) in [6.07, 6.45) is 11.8. The first-order valence-electron chi connectivity index (χ1n) is 8.87. The van der Waals surface area contributed by atoms with Crippen LogP contribution in [0, 0.1) is 0 Å². The fourth-order valence-electron chi connectivity index (χ4n) is 3.75. The molecule has 3 nitrogen and oxygen atoms in total. The number of anilines is 1. The zero-order valence-electron chi connectivity index (χ0n) is 13.7. The molecule has 0 aromatic carbocycles. The largest absolute Gasteiger partial charge is 0.318 e. The highest BCUT2D eigenvalue weighted by Gasteiger charge is 2.23. The van der Waals surface area contributed by atoms with Crippen LogP contribution in [0.1, 0.15) is 67.9 Å². The van der Waals surface area contributed by atoms with Gasteiger partial charge in [0.15, 0.2) is 0 Å². The van der Waals surface area contributed by atoms with E-state index in [9.17, 15) is 4.79 Å². The lowest BCUT2D eigenvalue weighted by atomic mass is 9.95. The third kappa shape index (κ3) is 3.90. The fraction of sp³-hybridized carbons (Fsp3) is 0.722. The Morgan fingerprint density at radius 1 is 1.05 bits per heavy atom. The number of nitrogens with zero attached hydrogens (tertiary/aromatic N) is 1. The van der Waals surface area contributed by atoms with E-state index in [0.29, 0.717) is 0 Å². The Hall–Kier alpha value is -0.870. The lowest BCUT2D eigenvalue weighted by Gasteiger charge is -2.25. The Bertz CT molecular complexity index is 515. The molecule has 1 aromatic rings. The number of carbonyl (C=O) groups is 1. The molecule has 22 heavy (non-hydrogen) atoms. The summed E-state index contributed by atoms with van der Waals surface area (Å²) in [5, 5.41) is 4.23. The van der Waals surface area contributed by atoms with E-state index in [1.54, 1.807) is 12.5 Å². The average molecular weight is 321 g/mol. The minimum Gasteiger partial charge on any atom is -0.318 e. The molecular formula is C18H28N2OS. The summed E-state index contributed by atoms with van der Waals surface area (Å²) in [4.78, 5) is 15.7. The molecular weight excluding hydrogens is 292 g/mol. The third-order valence-corrected chi connectivity index (χ3v) is 6.15. The second-order valence-electron chi connectivity index (χ2n) is 6.74. The molecule has 0 spiro atoms. The van der Waals surface area contributed by atoms with Gasteiger partial charge in [-0.2, -0.15) is 0 Å². The molecule has 3 rings (SSSR count). The highest BCUT2D eigenvalue weighted by molar-refractivity contribution is 7.16. The van der Waals surface area contributed by atoms with Gasteiger partial charge in [-0.1, -0.05) is 19.3 Å². The number of fused-ring (bicyclic) bond motifs is 1. The van der Waals surface area contributed by atoms with Crippen LogP contribution in [0.2, 0.25) is 0 Å². The van der Waals surface area contributed by atoms with Crippen molar-refractivity contribution in [3.63, 3.8) is 0 Å². The maximum absolute atomic E-state index is 11.6. The number of hydrogen-bond acceptors (Lipinski definition) is 3. The number of thiophene rings is 1. The van der Waals surface area contributed by atoms with Crippen LogP contribution >= 0.6 is 11.3 Å². The number of hydrogen-bond donors (Lipinski definition) is 1. The predicted octanol–water partition coefficient (Wildman–Crippen LogP) is 4.35. The average Bonchev–Trinajstić information content (AvgIpc) is 2.78. The summed E-state index contributed by atoms with van der Waals surface area (Å²) < 4.78 is 0. The highest BCUT2D eigenvalue weighted by Crippen LogP contribution is 2.39. The SMILES string of the molecule is CC(=O)Nc1sc2c(c1CN1CCCCCCC1)CCCC2. The monoisotopic (exact) mass is 320 g/mol. The van der Waals surface area contributed by atoms with Gasteiger partial charge in [-0.05, 0) is 57.2 Å². The number of rotatable bonds is 3. The lowest BCUT2D eigenvalue weighted by molar-refractivity contribution is -0.114. The van der Waals surface area contributed by atoms with E-state index in [1.807, 2.05) is 11.3 Å². The van der Waals surface area contributed by atoms with Gasteiger partial charge in [-0.3, -0.25) is 9.69 Å². The summed E-state index contributed by atoms with van der Waals surface area (Å²) >= 11 is 1.83. The molecule has 1 aliphatic carbocycles. The molecule has 2 aliphatic rings. The summed E-state index contributed by atoms with van der Waals surface area (Å²) in [7, 11) is 0. The Balaban J connectivity index is 1.80. The van der Waals surface area contributed by atoms with Crippen LogP contribution in [0.3, 0.4) is 0 Å². The zero-order valence-corrected chi connectivity index (χ0v) is 14.6. The van der Waals surface area contributed by atoms with Crippen molar-refractivity contribution in [2.75, 3.05) is 18.4 Å². The van der Waals surface area contributed by atoms with Crippen LogP contribution in [0.15, 0.2) is 0 Å². The molecule has 0 radical (unpaired) electrons. The van der Waals surface area contributed by atoms with Crippen molar-refractivity contribution >= 4 is 22.2 Å². The van der Waals surface area contributed by atoms with Crippen LogP contribution in [0.4, 0.5) is 5.00 Å². The second-order valence-corrected chi connectivity index (χ2v) is 7.85. The van der Waals surface area contributed by atoms with Crippen LogP contribution in [0.5, 0.6) is 0 Å². The first-order chi connectivity index (χ1) is 10.7. The Morgan fingerprint density at radius 2 is 1.73 bits per heavy atom. The molecule has 0 unspecified atom stereocenters. The maximum Gasteiger partial charge on any atom is 0.221 e. The minimum absolute atomic E-state index is 0.0625. The number of amides is 1. The number of likely N-dealkylation sites (tertiary alicyclic amines) is 1. The van der Waals surface area contributed by atoms with Crippen molar-refractivity contribution in [1.29, 1.82) is 0 Å². The Morgan fingerprint density at radius 3 is 2.45 bits per heavy atom. The van der Waals surface area contributed by atoms with E-state index >= 15 is 0 Å². The van der Waals surface area contributed by atoms with E-state index in [2.05, 4.69) is 10.2 Å². The smallest absolute Gasteiger partial charge is 0.221 e. The highest BCUT2D eigenvalue weighted by atomic mass is 32.1. The van der Waals surface area contributed by atoms with Crippen LogP contribution < -0.4 is 5.32 Å². The molecule has 1 N–H and O–H groups in total. The van der Waals surface area contributed by atoms with Crippen LogP contribution in [-0.2, 0) is 24.2 Å². The third-order valence-electron chi connectivity index (χ3n) is 4.90. The first-order valence-corrected chi connectivity index (χ1v) is 9.69. The van der Waals surface area contributed by atoms with Gasteiger partial charge in [-0.25, -0.2) is 0 Å². The Kier molecular flexibility index (Phi) is 5.53. The zero-order chi connectivity index (χ0) is 15.4. The van der Waals surface area contributed by atoms with E-state index in [4.69, 9.17) is 0 Å². The Labute approximate surface area is 138 Å². The lowest BCUT2D eigenvalue weighted by Crippen LogP contribution is -2.27. The van der Waals surface area contributed by atoms with Gasteiger partial charge in [0.05, 0.1) is 5.00 Å². The summed E-state index contributed by atoms with van der Waals surface area (Å²) in [6, 6.07) is 0. The number of aryl methyl sites for hydroxylation is 1. The van der Waals surface area contributed by atoms with E-state index < -0.39 is 0 Å². The fourth-order valence-corrected chi connectivity index (χ4v) is 5.10. The molecule has 1 fully saturated rings. The van der Waals surface area contributed by atoms with E-state index in [1.165, 1.54) is 81.3 Å². The van der Waals surface area contributed by atoms with E-state index in [0.717, 1.165) is 11.5 Å². The van der Waals surface area contributed by atoms with Crippen molar-refractivity contribution in [3.8, 4) is 0 Å². The molecule has 0 atom stereocenters. The van der Waals surface area contributed by atoms with Crippen molar-refractivity contribution in [2.24, 2.45) is 0 Å². The summed E-state index contributed by atoms with van der Waals surface area (Å²) in [5.41, 5.74) is 2.98. The molecule has 2 heterocycles. The van der Waals surface area contributed by atoms with Crippen molar-refractivity contribution in [3.05, 3.63) is 16.0 Å². The quantitative estimate of drug-likeness (QED) is 0.898. The molecule has 1 amide bonds. The molecule has 0 bridgehead atoms. The number of carbonyl (C=O) groups excluding carboxylic acids is 1. The molecule has 1 aromatic heterocycles.